The summed E-state index contributed by atoms with van der Waals surface area (Å²) in [5.41, 5.74) is 5.95. The van der Waals surface area contributed by atoms with Crippen LogP contribution in [0.15, 0.2) is 29.4 Å². The van der Waals surface area contributed by atoms with E-state index in [-0.39, 0.29) is 35.8 Å². The molecule has 2 aliphatic heterocycles. The molecular weight excluding hydrogens is 389 g/mol. The van der Waals surface area contributed by atoms with Gasteiger partial charge in [-0.25, -0.2) is 4.39 Å². The molecule has 3 N–H and O–H groups in total. The summed E-state index contributed by atoms with van der Waals surface area (Å²) in [7, 11) is 0. The summed E-state index contributed by atoms with van der Waals surface area (Å²) in [6.45, 7) is 10.2. The molecular formula is C21H30FN5O3. The molecule has 2 amide bonds. The van der Waals surface area contributed by atoms with Crippen LogP contribution >= 0.6 is 0 Å². The molecule has 0 aliphatic carbocycles. The Balaban J connectivity index is 1.67. The third-order valence-electron chi connectivity index (χ3n) is 5.55. The molecule has 2 heterocycles. The molecule has 0 unspecified atom stereocenters. The second kappa shape index (κ2) is 8.69. The summed E-state index contributed by atoms with van der Waals surface area (Å²) < 4.78 is 19.0. The van der Waals surface area contributed by atoms with Crippen LogP contribution in [0.2, 0.25) is 0 Å². The van der Waals surface area contributed by atoms with Crippen molar-refractivity contribution in [1.82, 2.24) is 10.2 Å². The zero-order valence-electron chi connectivity index (χ0n) is 17.9. The molecule has 3 atom stereocenters. The minimum atomic E-state index is -0.787. The van der Waals surface area contributed by atoms with Crippen molar-refractivity contribution in [3.05, 3.63) is 30.1 Å². The van der Waals surface area contributed by atoms with Crippen molar-refractivity contribution in [1.29, 1.82) is 0 Å². The number of ether oxygens (including phenoxy) is 1. The van der Waals surface area contributed by atoms with Gasteiger partial charge < -0.3 is 15.8 Å². The van der Waals surface area contributed by atoms with Gasteiger partial charge in [-0.1, -0.05) is 0 Å². The second-order valence-electron chi connectivity index (χ2n) is 8.65. The van der Waals surface area contributed by atoms with Gasteiger partial charge in [-0.05, 0) is 52.0 Å². The van der Waals surface area contributed by atoms with Gasteiger partial charge in [0.15, 0.2) is 0 Å². The van der Waals surface area contributed by atoms with Crippen LogP contribution in [-0.2, 0) is 14.3 Å². The summed E-state index contributed by atoms with van der Waals surface area (Å²) in [6, 6.07) is 4.76. The van der Waals surface area contributed by atoms with E-state index < -0.39 is 17.8 Å². The molecule has 0 radical (unpaired) electrons. The second-order valence-corrected chi connectivity index (χ2v) is 8.65. The van der Waals surface area contributed by atoms with Crippen molar-refractivity contribution in [3.63, 3.8) is 0 Å². The first-order valence-electron chi connectivity index (χ1n) is 10.2. The highest BCUT2D eigenvalue weighted by molar-refractivity contribution is 6.40. The molecule has 9 heteroatoms. The minimum absolute atomic E-state index is 0.102. The molecule has 1 aromatic rings. The van der Waals surface area contributed by atoms with Gasteiger partial charge in [-0.3, -0.25) is 19.5 Å². The van der Waals surface area contributed by atoms with E-state index in [1.807, 2.05) is 13.8 Å². The van der Waals surface area contributed by atoms with Crippen LogP contribution < -0.4 is 16.1 Å². The number of halogens is 1. The van der Waals surface area contributed by atoms with Crippen LogP contribution in [0.5, 0.6) is 0 Å². The first kappa shape index (κ1) is 22.2. The summed E-state index contributed by atoms with van der Waals surface area (Å²) in [4.78, 5) is 27.0. The maximum Gasteiger partial charge on any atom is 0.267 e. The van der Waals surface area contributed by atoms with Gasteiger partial charge in [0.05, 0.1) is 17.9 Å². The van der Waals surface area contributed by atoms with E-state index in [0.29, 0.717) is 12.2 Å². The Morgan fingerprint density at radius 2 is 1.83 bits per heavy atom. The lowest BCUT2D eigenvalue weighted by Gasteiger charge is -2.45. The fraction of sp³-hybridized carbons (Fsp3) is 0.571. The first-order valence-corrected chi connectivity index (χ1v) is 10.2. The number of hydrogen-bond donors (Lipinski definition) is 2. The minimum Gasteiger partial charge on any atom is -0.373 e. The van der Waals surface area contributed by atoms with Gasteiger partial charge in [0.1, 0.15) is 17.6 Å². The molecule has 0 bridgehead atoms. The number of carbonyl (C=O) groups excluding carboxylic acids is 2. The van der Waals surface area contributed by atoms with E-state index in [1.165, 1.54) is 29.3 Å². The first-order chi connectivity index (χ1) is 14.1. The third kappa shape index (κ3) is 4.96. The van der Waals surface area contributed by atoms with Gasteiger partial charge in [-0.2, -0.15) is 5.10 Å². The van der Waals surface area contributed by atoms with Crippen molar-refractivity contribution in [3.8, 4) is 0 Å². The Kier molecular flexibility index (Phi) is 6.42. The van der Waals surface area contributed by atoms with E-state index in [4.69, 9.17) is 10.5 Å². The van der Waals surface area contributed by atoms with Crippen LogP contribution in [0.4, 0.5) is 10.1 Å². The number of hydrazone groups is 1. The maximum atomic E-state index is 13.2. The smallest absolute Gasteiger partial charge is 0.267 e. The summed E-state index contributed by atoms with van der Waals surface area (Å²) in [5, 5.41) is 8.63. The topological polar surface area (TPSA) is 100 Å². The van der Waals surface area contributed by atoms with Crippen LogP contribution in [0.25, 0.3) is 0 Å². The lowest BCUT2D eigenvalue weighted by molar-refractivity contribution is -0.119. The molecule has 30 heavy (non-hydrogen) atoms. The lowest BCUT2D eigenvalue weighted by Crippen LogP contribution is -2.59. The number of carbonyl (C=O) groups is 2. The monoisotopic (exact) mass is 419 g/mol. The Labute approximate surface area is 176 Å². The molecule has 0 saturated carbocycles. The number of rotatable bonds is 6. The molecule has 3 rings (SSSR count). The van der Waals surface area contributed by atoms with Gasteiger partial charge in [0.2, 0.25) is 5.91 Å². The fourth-order valence-electron chi connectivity index (χ4n) is 3.88. The predicted octanol–water partition coefficient (Wildman–Crippen LogP) is 1.25. The number of morpholine rings is 1. The van der Waals surface area contributed by atoms with Crippen molar-refractivity contribution in [2.75, 3.05) is 24.6 Å². The predicted molar refractivity (Wildman–Crippen MR) is 113 cm³/mol. The highest BCUT2D eigenvalue weighted by Gasteiger charge is 2.37. The SMILES string of the molecule is C[C@@H]1CN(C(C)(C)CNC(=O)C2=NN(c3ccc(F)cc3)[C@H](C(N)=O)C2)C[C@H](C)O1. The number of primary amides is 1. The van der Waals surface area contributed by atoms with E-state index in [2.05, 4.69) is 29.2 Å². The molecule has 8 nitrogen and oxygen atoms in total. The standard InChI is InChI=1S/C21H30FN5O3/c1-13-10-26(11-14(2)30-13)21(3,4)12-24-20(29)17-9-18(19(23)28)27(25-17)16-7-5-15(22)6-8-16/h5-8,13-14,18H,9-12H2,1-4H3,(H2,23,28)(H,24,29)/t13-,14+,18-/m0/s1. The molecule has 164 valence electrons. The molecule has 1 aromatic carbocycles. The van der Waals surface area contributed by atoms with Crippen molar-refractivity contribution < 1.29 is 18.7 Å². The lowest BCUT2D eigenvalue weighted by atomic mass is 9.99. The normalized spacial score (nSPS) is 25.2. The number of nitrogens with zero attached hydrogens (tertiary/aromatic N) is 3. The van der Waals surface area contributed by atoms with Crippen LogP contribution in [0.3, 0.4) is 0 Å². The number of hydrogen-bond acceptors (Lipinski definition) is 6. The molecule has 0 aromatic heterocycles. The number of nitrogens with two attached hydrogens (primary N) is 1. The highest BCUT2D eigenvalue weighted by Crippen LogP contribution is 2.25. The van der Waals surface area contributed by atoms with E-state index in [9.17, 15) is 14.0 Å². The molecule has 1 saturated heterocycles. The quantitative estimate of drug-likeness (QED) is 0.723. The van der Waals surface area contributed by atoms with E-state index in [0.717, 1.165) is 13.1 Å². The van der Waals surface area contributed by atoms with Crippen molar-refractivity contribution in [2.24, 2.45) is 10.8 Å². The summed E-state index contributed by atoms with van der Waals surface area (Å²) in [5.74, 6) is -1.33. The van der Waals surface area contributed by atoms with Gasteiger partial charge in [-0.15, -0.1) is 0 Å². The Morgan fingerprint density at radius 1 is 1.23 bits per heavy atom. The number of anilines is 1. The Hall–Kier alpha value is -2.52. The molecule has 2 aliphatic rings. The zero-order chi connectivity index (χ0) is 22.1. The fourth-order valence-corrected chi connectivity index (χ4v) is 3.88. The number of nitrogens with one attached hydrogen (secondary N) is 1. The third-order valence-corrected chi connectivity index (χ3v) is 5.55. The number of benzene rings is 1. The highest BCUT2D eigenvalue weighted by atomic mass is 19.1. The maximum absolute atomic E-state index is 13.2. The van der Waals surface area contributed by atoms with E-state index in [1.54, 1.807) is 0 Å². The molecule has 0 spiro atoms. The van der Waals surface area contributed by atoms with Gasteiger partial charge in [0, 0.05) is 31.6 Å². The van der Waals surface area contributed by atoms with Crippen LogP contribution in [0.1, 0.15) is 34.1 Å². The van der Waals surface area contributed by atoms with E-state index >= 15 is 0 Å². The summed E-state index contributed by atoms with van der Waals surface area (Å²) in [6.07, 6.45) is 0.358. The Morgan fingerprint density at radius 3 is 2.40 bits per heavy atom. The largest absolute Gasteiger partial charge is 0.373 e. The zero-order valence-corrected chi connectivity index (χ0v) is 17.9. The molecule has 1 fully saturated rings. The van der Waals surface area contributed by atoms with Crippen molar-refractivity contribution in [2.45, 2.75) is 57.9 Å². The van der Waals surface area contributed by atoms with Gasteiger partial charge >= 0.3 is 0 Å². The average Bonchev–Trinajstić information content (AvgIpc) is 3.12. The Bertz CT molecular complexity index is 816. The van der Waals surface area contributed by atoms with Crippen LogP contribution in [0, 0.1) is 5.82 Å². The average molecular weight is 420 g/mol. The van der Waals surface area contributed by atoms with Gasteiger partial charge in [0.25, 0.3) is 5.91 Å². The van der Waals surface area contributed by atoms with Crippen LogP contribution in [-0.4, -0.2) is 65.8 Å². The summed E-state index contributed by atoms with van der Waals surface area (Å²) >= 11 is 0. The number of amides is 2. The van der Waals surface area contributed by atoms with Crippen molar-refractivity contribution >= 4 is 23.2 Å².